The highest BCUT2D eigenvalue weighted by atomic mass is 79.9. The lowest BCUT2D eigenvalue weighted by atomic mass is 10.1. The number of amides is 1. The van der Waals surface area contributed by atoms with Crippen molar-refractivity contribution in [2.24, 2.45) is 0 Å². The smallest absolute Gasteiger partial charge is 0.224 e. The second kappa shape index (κ2) is 8.40. The lowest BCUT2D eigenvalue weighted by molar-refractivity contribution is -0.116. The Morgan fingerprint density at radius 3 is 2.54 bits per heavy atom. The molecule has 0 unspecified atom stereocenters. The van der Waals surface area contributed by atoms with E-state index in [1.165, 1.54) is 0 Å². The van der Waals surface area contributed by atoms with E-state index in [4.69, 9.17) is 21.1 Å². The van der Waals surface area contributed by atoms with Crippen LogP contribution in [-0.4, -0.2) is 20.1 Å². The summed E-state index contributed by atoms with van der Waals surface area (Å²) >= 11 is 9.57. The minimum Gasteiger partial charge on any atom is -0.493 e. The molecule has 0 radical (unpaired) electrons. The van der Waals surface area contributed by atoms with Gasteiger partial charge in [0.25, 0.3) is 0 Å². The van der Waals surface area contributed by atoms with Crippen LogP contribution < -0.4 is 14.8 Å². The molecule has 2 aromatic rings. The largest absolute Gasteiger partial charge is 0.493 e. The topological polar surface area (TPSA) is 47.6 Å². The van der Waals surface area contributed by atoms with E-state index >= 15 is 0 Å². The van der Waals surface area contributed by atoms with Crippen LogP contribution in [0.15, 0.2) is 34.8 Å². The van der Waals surface area contributed by atoms with Crippen LogP contribution in [0.5, 0.6) is 11.5 Å². The molecule has 4 nitrogen and oxygen atoms in total. The third-order valence-electron chi connectivity index (χ3n) is 3.72. The molecule has 128 valence electrons. The molecule has 1 amide bonds. The standard InChI is InChI=1S/C18H19BrClNO3/c1-11-14(20)5-4-6-15(11)21-18(22)8-7-12-9-16(23-2)17(24-3)10-13(12)19/h4-6,9-10H,7-8H2,1-3H3,(H,21,22). The van der Waals surface area contributed by atoms with E-state index in [0.29, 0.717) is 29.4 Å². The summed E-state index contributed by atoms with van der Waals surface area (Å²) in [7, 11) is 3.18. The Labute approximate surface area is 155 Å². The van der Waals surface area contributed by atoms with Crippen LogP contribution in [0.2, 0.25) is 5.02 Å². The number of rotatable bonds is 6. The van der Waals surface area contributed by atoms with Crippen LogP contribution in [0.3, 0.4) is 0 Å². The summed E-state index contributed by atoms with van der Waals surface area (Å²) in [6.07, 6.45) is 0.923. The van der Waals surface area contributed by atoms with Gasteiger partial charge in [0.1, 0.15) is 0 Å². The number of hydrogen-bond acceptors (Lipinski definition) is 3. The second-order valence-electron chi connectivity index (χ2n) is 5.26. The van der Waals surface area contributed by atoms with Gasteiger partial charge in [-0.3, -0.25) is 4.79 Å². The first kappa shape index (κ1) is 18.6. The summed E-state index contributed by atoms with van der Waals surface area (Å²) in [6, 6.07) is 9.17. The maximum Gasteiger partial charge on any atom is 0.224 e. The normalized spacial score (nSPS) is 10.4. The van der Waals surface area contributed by atoms with Crippen molar-refractivity contribution in [2.45, 2.75) is 19.8 Å². The predicted octanol–water partition coefficient (Wildman–Crippen LogP) is 5.00. The van der Waals surface area contributed by atoms with Gasteiger partial charge in [0.15, 0.2) is 11.5 Å². The zero-order valence-electron chi connectivity index (χ0n) is 13.8. The molecule has 0 fully saturated rings. The van der Waals surface area contributed by atoms with Crippen molar-refractivity contribution in [1.82, 2.24) is 0 Å². The fourth-order valence-electron chi connectivity index (χ4n) is 2.29. The molecular weight excluding hydrogens is 394 g/mol. The van der Waals surface area contributed by atoms with Crippen LogP contribution in [0.4, 0.5) is 5.69 Å². The first-order chi connectivity index (χ1) is 11.5. The van der Waals surface area contributed by atoms with Gasteiger partial charge >= 0.3 is 0 Å². The Balaban J connectivity index is 2.05. The lowest BCUT2D eigenvalue weighted by Crippen LogP contribution is -2.13. The summed E-state index contributed by atoms with van der Waals surface area (Å²) in [6.45, 7) is 1.88. The van der Waals surface area contributed by atoms with Crippen molar-refractivity contribution in [3.05, 3.63) is 51.0 Å². The van der Waals surface area contributed by atoms with Gasteiger partial charge in [-0.1, -0.05) is 33.6 Å². The molecule has 0 saturated heterocycles. The summed E-state index contributed by atoms with van der Waals surface area (Å²) < 4.78 is 11.4. The molecule has 0 aliphatic heterocycles. The Bertz CT molecular complexity index is 749. The number of carbonyl (C=O) groups excluding carboxylic acids is 1. The van der Waals surface area contributed by atoms with Gasteiger partial charge in [0, 0.05) is 21.6 Å². The van der Waals surface area contributed by atoms with Gasteiger partial charge in [0.2, 0.25) is 5.91 Å². The molecule has 0 aliphatic rings. The first-order valence-electron chi connectivity index (χ1n) is 7.41. The molecule has 2 aromatic carbocycles. The highest BCUT2D eigenvalue weighted by Gasteiger charge is 2.12. The average molecular weight is 413 g/mol. The fraction of sp³-hybridized carbons (Fsp3) is 0.278. The third-order valence-corrected chi connectivity index (χ3v) is 4.86. The third kappa shape index (κ3) is 4.42. The van der Waals surface area contributed by atoms with E-state index in [0.717, 1.165) is 21.3 Å². The van der Waals surface area contributed by atoms with Gasteiger partial charge in [-0.25, -0.2) is 0 Å². The van der Waals surface area contributed by atoms with E-state index in [-0.39, 0.29) is 5.91 Å². The number of aryl methyl sites for hydroxylation is 1. The Kier molecular flexibility index (Phi) is 6.52. The van der Waals surface area contributed by atoms with Crippen molar-refractivity contribution < 1.29 is 14.3 Å². The maximum atomic E-state index is 12.2. The molecule has 0 bridgehead atoms. The molecule has 24 heavy (non-hydrogen) atoms. The van der Waals surface area contributed by atoms with Crippen LogP contribution in [0.25, 0.3) is 0 Å². The van der Waals surface area contributed by atoms with Crippen molar-refractivity contribution in [1.29, 1.82) is 0 Å². The van der Waals surface area contributed by atoms with Crippen molar-refractivity contribution in [3.8, 4) is 11.5 Å². The van der Waals surface area contributed by atoms with Crippen LogP contribution in [-0.2, 0) is 11.2 Å². The van der Waals surface area contributed by atoms with E-state index in [2.05, 4.69) is 21.2 Å². The van der Waals surface area contributed by atoms with E-state index in [9.17, 15) is 4.79 Å². The van der Waals surface area contributed by atoms with Gasteiger partial charge in [-0.15, -0.1) is 0 Å². The number of halogens is 2. The number of carbonyl (C=O) groups is 1. The molecule has 0 aromatic heterocycles. The first-order valence-corrected chi connectivity index (χ1v) is 8.58. The molecule has 0 aliphatic carbocycles. The monoisotopic (exact) mass is 411 g/mol. The van der Waals surface area contributed by atoms with E-state index in [1.54, 1.807) is 20.3 Å². The summed E-state index contributed by atoms with van der Waals surface area (Å²) in [5, 5.41) is 3.53. The van der Waals surface area contributed by atoms with Crippen LogP contribution >= 0.6 is 27.5 Å². The zero-order chi connectivity index (χ0) is 17.7. The summed E-state index contributed by atoms with van der Waals surface area (Å²) in [5.74, 6) is 1.22. The molecule has 6 heteroatoms. The average Bonchev–Trinajstić information content (AvgIpc) is 2.57. The number of nitrogens with one attached hydrogen (secondary N) is 1. The second-order valence-corrected chi connectivity index (χ2v) is 6.52. The minimum atomic E-state index is -0.0675. The minimum absolute atomic E-state index is 0.0675. The Morgan fingerprint density at radius 2 is 1.88 bits per heavy atom. The van der Waals surface area contributed by atoms with Gasteiger partial charge in [-0.2, -0.15) is 0 Å². The summed E-state index contributed by atoms with van der Waals surface area (Å²) in [5.41, 5.74) is 2.57. The highest BCUT2D eigenvalue weighted by molar-refractivity contribution is 9.10. The number of ether oxygens (including phenoxy) is 2. The van der Waals surface area contributed by atoms with Crippen molar-refractivity contribution >= 4 is 39.1 Å². The lowest BCUT2D eigenvalue weighted by Gasteiger charge is -2.12. The van der Waals surface area contributed by atoms with Crippen molar-refractivity contribution in [2.75, 3.05) is 19.5 Å². The molecule has 0 saturated carbocycles. The fourth-order valence-corrected chi connectivity index (χ4v) is 2.99. The van der Waals surface area contributed by atoms with E-state index < -0.39 is 0 Å². The van der Waals surface area contributed by atoms with Gasteiger partial charge in [0.05, 0.1) is 14.2 Å². The molecule has 0 heterocycles. The van der Waals surface area contributed by atoms with Crippen LogP contribution in [0, 0.1) is 6.92 Å². The van der Waals surface area contributed by atoms with Crippen LogP contribution in [0.1, 0.15) is 17.5 Å². The predicted molar refractivity (Wildman–Crippen MR) is 100 cm³/mol. The maximum absolute atomic E-state index is 12.2. The SMILES string of the molecule is COc1cc(Br)c(CCC(=O)Nc2cccc(Cl)c2C)cc1OC. The molecular formula is C18H19BrClNO3. The molecule has 0 spiro atoms. The Hall–Kier alpha value is -1.72. The van der Waals surface area contributed by atoms with E-state index in [1.807, 2.05) is 31.2 Å². The Morgan fingerprint density at radius 1 is 1.21 bits per heavy atom. The van der Waals surface area contributed by atoms with Crippen molar-refractivity contribution in [3.63, 3.8) is 0 Å². The summed E-state index contributed by atoms with van der Waals surface area (Å²) in [4.78, 5) is 12.2. The zero-order valence-corrected chi connectivity index (χ0v) is 16.1. The number of hydrogen-bond donors (Lipinski definition) is 1. The molecule has 1 N–H and O–H groups in total. The van der Waals surface area contributed by atoms with Gasteiger partial charge < -0.3 is 14.8 Å². The molecule has 2 rings (SSSR count). The number of anilines is 1. The number of benzene rings is 2. The molecule has 0 atom stereocenters. The quantitative estimate of drug-likeness (QED) is 0.726. The highest BCUT2D eigenvalue weighted by Crippen LogP contribution is 2.34. The number of methoxy groups -OCH3 is 2. The van der Waals surface area contributed by atoms with Gasteiger partial charge in [-0.05, 0) is 48.7 Å².